The molecule has 0 heterocycles. The van der Waals surface area contributed by atoms with Gasteiger partial charge in [0.2, 0.25) is 0 Å². The molecule has 1 aliphatic carbocycles. The molecule has 0 spiro atoms. The molecule has 5 heteroatoms. The molecule has 0 saturated heterocycles. The highest BCUT2D eigenvalue weighted by molar-refractivity contribution is 5.73. The van der Waals surface area contributed by atoms with Crippen molar-refractivity contribution in [2.45, 2.75) is 31.4 Å². The van der Waals surface area contributed by atoms with E-state index in [0.717, 1.165) is 0 Å². The van der Waals surface area contributed by atoms with Crippen LogP contribution in [0.4, 0.5) is 0 Å². The summed E-state index contributed by atoms with van der Waals surface area (Å²) in [5, 5.41) is 27.6. The zero-order valence-corrected chi connectivity index (χ0v) is 8.47. The predicted octanol–water partition coefficient (Wildman–Crippen LogP) is 0.311. The van der Waals surface area contributed by atoms with Gasteiger partial charge in [-0.15, -0.1) is 0 Å². The maximum absolute atomic E-state index is 10.5. The number of carboxylic acid groups (broad SMARTS) is 1. The second kappa shape index (κ2) is 4.04. The highest BCUT2D eigenvalue weighted by Crippen LogP contribution is 2.29. The van der Waals surface area contributed by atoms with E-state index in [0.29, 0.717) is 5.57 Å². The van der Waals surface area contributed by atoms with Gasteiger partial charge in [-0.25, -0.2) is 0 Å². The highest BCUT2D eigenvalue weighted by atomic mass is 16.4. The fourth-order valence-electron chi connectivity index (χ4n) is 1.48. The molecule has 2 atom stereocenters. The van der Waals surface area contributed by atoms with Gasteiger partial charge in [-0.2, -0.15) is 0 Å². The Morgan fingerprint density at radius 1 is 1.67 bits per heavy atom. The van der Waals surface area contributed by atoms with Crippen molar-refractivity contribution < 1.29 is 20.1 Å². The Bertz CT molecular complexity index is 330. The van der Waals surface area contributed by atoms with Crippen LogP contribution >= 0.6 is 0 Å². The lowest BCUT2D eigenvalue weighted by molar-refractivity contribution is -0.138. The van der Waals surface area contributed by atoms with Crippen LogP contribution in [0.15, 0.2) is 23.5 Å². The van der Waals surface area contributed by atoms with Gasteiger partial charge in [0.25, 0.3) is 0 Å². The zero-order chi connectivity index (χ0) is 11.6. The first-order chi connectivity index (χ1) is 6.83. The molecule has 5 nitrogen and oxygen atoms in total. The van der Waals surface area contributed by atoms with Crippen LogP contribution in [-0.4, -0.2) is 32.9 Å². The van der Waals surface area contributed by atoms with Crippen molar-refractivity contribution in [1.29, 1.82) is 0 Å². The summed E-state index contributed by atoms with van der Waals surface area (Å²) in [6.07, 6.45) is 3.34. The van der Waals surface area contributed by atoms with Crippen molar-refractivity contribution >= 4 is 5.97 Å². The fraction of sp³-hybridized carbons (Fsp3) is 0.500. The average Bonchev–Trinajstić information content (AvgIpc) is 2.10. The van der Waals surface area contributed by atoms with Crippen LogP contribution in [0.3, 0.4) is 0 Å². The number of aliphatic hydroxyl groups is 2. The maximum atomic E-state index is 10.5. The molecule has 1 rings (SSSR count). The van der Waals surface area contributed by atoms with Gasteiger partial charge in [0.1, 0.15) is 17.4 Å². The molecular formula is C10H15NO4. The Balaban J connectivity index is 2.71. The molecule has 0 aromatic rings. The van der Waals surface area contributed by atoms with E-state index in [4.69, 9.17) is 10.8 Å². The molecule has 0 saturated carbocycles. The molecule has 5 N–H and O–H groups in total. The maximum Gasteiger partial charge on any atom is 0.320 e. The van der Waals surface area contributed by atoms with Crippen molar-refractivity contribution in [1.82, 2.24) is 0 Å². The number of carbonyl (C=O) groups is 1. The Morgan fingerprint density at radius 2 is 2.27 bits per heavy atom. The third-order valence-corrected chi connectivity index (χ3v) is 2.40. The van der Waals surface area contributed by atoms with Gasteiger partial charge >= 0.3 is 5.97 Å². The Labute approximate surface area is 87.5 Å². The molecule has 0 fully saturated rings. The van der Waals surface area contributed by atoms with E-state index in [9.17, 15) is 15.0 Å². The van der Waals surface area contributed by atoms with E-state index in [1.54, 1.807) is 6.08 Å². The van der Waals surface area contributed by atoms with Gasteiger partial charge in [0.05, 0.1) is 0 Å². The summed E-state index contributed by atoms with van der Waals surface area (Å²) in [7, 11) is 0. The predicted molar refractivity (Wildman–Crippen MR) is 54.3 cm³/mol. The molecule has 0 aliphatic heterocycles. The van der Waals surface area contributed by atoms with Crippen LogP contribution in [0.2, 0.25) is 0 Å². The largest absolute Gasteiger partial charge is 0.509 e. The topological polar surface area (TPSA) is 104 Å². The minimum Gasteiger partial charge on any atom is -0.509 e. The van der Waals surface area contributed by atoms with Gasteiger partial charge in [-0.05, 0) is 19.4 Å². The molecule has 0 bridgehead atoms. The number of carboxylic acids is 1. The van der Waals surface area contributed by atoms with Gasteiger partial charge in [0.15, 0.2) is 0 Å². The smallest absolute Gasteiger partial charge is 0.320 e. The summed E-state index contributed by atoms with van der Waals surface area (Å²) >= 11 is 0. The zero-order valence-electron chi connectivity index (χ0n) is 8.47. The fourth-order valence-corrected chi connectivity index (χ4v) is 1.48. The van der Waals surface area contributed by atoms with Gasteiger partial charge in [-0.1, -0.05) is 11.6 Å². The summed E-state index contributed by atoms with van der Waals surface area (Å²) < 4.78 is 0. The average molecular weight is 213 g/mol. The molecule has 84 valence electrons. The van der Waals surface area contributed by atoms with Crippen LogP contribution in [-0.2, 0) is 4.79 Å². The second-order valence-corrected chi connectivity index (χ2v) is 3.98. The SMILES string of the molecule is CC1(O)CC(CC(N)C(=O)O)=CC=C1O. The molecule has 0 amide bonds. The quantitative estimate of drug-likeness (QED) is 0.540. The number of aliphatic hydroxyl groups excluding tert-OH is 1. The van der Waals surface area contributed by atoms with Crippen molar-refractivity contribution in [2.24, 2.45) is 5.73 Å². The third kappa shape index (κ3) is 2.81. The van der Waals surface area contributed by atoms with E-state index in [-0.39, 0.29) is 18.6 Å². The summed E-state index contributed by atoms with van der Waals surface area (Å²) in [5.74, 6) is -1.19. The van der Waals surface area contributed by atoms with Crippen LogP contribution in [0.25, 0.3) is 0 Å². The monoisotopic (exact) mass is 213 g/mol. The second-order valence-electron chi connectivity index (χ2n) is 3.98. The molecule has 0 aromatic heterocycles. The summed E-state index contributed by atoms with van der Waals surface area (Å²) in [6.45, 7) is 1.47. The number of nitrogens with two attached hydrogens (primary N) is 1. The van der Waals surface area contributed by atoms with E-state index < -0.39 is 17.6 Å². The Morgan fingerprint density at radius 3 is 2.73 bits per heavy atom. The van der Waals surface area contributed by atoms with Crippen LogP contribution in [0, 0.1) is 0 Å². The first-order valence-electron chi connectivity index (χ1n) is 4.63. The molecule has 0 aromatic carbocycles. The van der Waals surface area contributed by atoms with Crippen molar-refractivity contribution in [3.8, 4) is 0 Å². The molecule has 1 aliphatic rings. The molecule has 2 unspecified atom stereocenters. The number of aliphatic carboxylic acids is 1. The summed E-state index contributed by atoms with van der Waals surface area (Å²) in [5.41, 5.74) is 4.76. The van der Waals surface area contributed by atoms with Crippen molar-refractivity contribution in [3.05, 3.63) is 23.5 Å². The lowest BCUT2D eigenvalue weighted by Gasteiger charge is -2.27. The number of allylic oxidation sites excluding steroid dienone is 2. The van der Waals surface area contributed by atoms with Gasteiger partial charge in [-0.3, -0.25) is 4.79 Å². The highest BCUT2D eigenvalue weighted by Gasteiger charge is 2.30. The molecular weight excluding hydrogens is 198 g/mol. The van der Waals surface area contributed by atoms with E-state index in [1.165, 1.54) is 13.0 Å². The first-order valence-corrected chi connectivity index (χ1v) is 4.63. The summed E-state index contributed by atoms with van der Waals surface area (Å²) in [6, 6.07) is -0.972. The normalized spacial score (nSPS) is 27.9. The lowest BCUT2D eigenvalue weighted by Crippen LogP contribution is -2.34. The van der Waals surface area contributed by atoms with Gasteiger partial charge < -0.3 is 21.1 Å². The Kier molecular flexibility index (Phi) is 3.16. The van der Waals surface area contributed by atoms with E-state index >= 15 is 0 Å². The number of hydrogen-bond donors (Lipinski definition) is 4. The third-order valence-electron chi connectivity index (χ3n) is 2.40. The number of rotatable bonds is 3. The van der Waals surface area contributed by atoms with E-state index in [2.05, 4.69) is 0 Å². The van der Waals surface area contributed by atoms with Crippen LogP contribution in [0.1, 0.15) is 19.8 Å². The number of hydrogen-bond acceptors (Lipinski definition) is 4. The van der Waals surface area contributed by atoms with Crippen molar-refractivity contribution in [3.63, 3.8) is 0 Å². The van der Waals surface area contributed by atoms with E-state index in [1.807, 2.05) is 0 Å². The lowest BCUT2D eigenvalue weighted by atomic mass is 9.87. The summed E-state index contributed by atoms with van der Waals surface area (Å²) in [4.78, 5) is 10.5. The minimum absolute atomic E-state index is 0.116. The molecule has 0 radical (unpaired) electrons. The molecule has 15 heavy (non-hydrogen) atoms. The van der Waals surface area contributed by atoms with Crippen LogP contribution < -0.4 is 5.73 Å². The van der Waals surface area contributed by atoms with Crippen molar-refractivity contribution in [2.75, 3.05) is 0 Å². The van der Waals surface area contributed by atoms with Crippen LogP contribution in [0.5, 0.6) is 0 Å². The first kappa shape index (κ1) is 11.7. The standard InChI is InChI=1S/C10H15NO4/c1-10(15)5-6(2-3-8(10)12)4-7(11)9(13)14/h2-3,7,12,15H,4-5,11H2,1H3,(H,13,14). The minimum atomic E-state index is -1.32. The van der Waals surface area contributed by atoms with Gasteiger partial charge in [0, 0.05) is 6.42 Å². The Hall–Kier alpha value is -1.33.